The summed E-state index contributed by atoms with van der Waals surface area (Å²) in [5, 5.41) is 0. The van der Waals surface area contributed by atoms with Crippen LogP contribution in [0.5, 0.6) is 0 Å². The van der Waals surface area contributed by atoms with Gasteiger partial charge in [0, 0.05) is 18.2 Å². The predicted molar refractivity (Wildman–Crippen MR) is 101 cm³/mol. The molecule has 0 aliphatic carbocycles. The third-order valence-corrected chi connectivity index (χ3v) is 4.74. The molecule has 0 spiro atoms. The molecule has 1 aliphatic heterocycles. The maximum atomic E-state index is 14.0. The van der Waals surface area contributed by atoms with E-state index in [1.165, 1.54) is 6.07 Å². The van der Waals surface area contributed by atoms with E-state index in [9.17, 15) is 9.18 Å². The standard InChI is InChI=1S/C20H23FN2O2.ClH/c1-14(19(22)15-7-3-2-4-8-15)20(24)23-11-12-25-18(13-23)16-9-5-6-10-17(16)21;/h2-10,14,18-19H,11-13,22H2,1H3;1H. The number of hydrogen-bond donors (Lipinski definition) is 1. The minimum absolute atomic E-state index is 0. The molecule has 4 nitrogen and oxygen atoms in total. The lowest BCUT2D eigenvalue weighted by Crippen LogP contribution is -2.46. The van der Waals surface area contributed by atoms with Gasteiger partial charge >= 0.3 is 0 Å². The summed E-state index contributed by atoms with van der Waals surface area (Å²) in [4.78, 5) is 14.6. The molecule has 3 atom stereocenters. The van der Waals surface area contributed by atoms with Crippen molar-refractivity contribution in [1.29, 1.82) is 0 Å². The van der Waals surface area contributed by atoms with E-state index in [0.29, 0.717) is 25.3 Å². The zero-order chi connectivity index (χ0) is 17.8. The molecule has 0 aromatic heterocycles. The van der Waals surface area contributed by atoms with Crippen molar-refractivity contribution in [1.82, 2.24) is 4.90 Å². The first-order valence-electron chi connectivity index (χ1n) is 8.53. The van der Waals surface area contributed by atoms with E-state index >= 15 is 0 Å². The second-order valence-corrected chi connectivity index (χ2v) is 6.39. The van der Waals surface area contributed by atoms with E-state index in [1.807, 2.05) is 37.3 Å². The summed E-state index contributed by atoms with van der Waals surface area (Å²) < 4.78 is 19.7. The Kier molecular flexibility index (Phi) is 7.14. The predicted octanol–water partition coefficient (Wildman–Crippen LogP) is 3.48. The van der Waals surface area contributed by atoms with Gasteiger partial charge in [-0.05, 0) is 11.6 Å². The Balaban J connectivity index is 0.00000243. The quantitative estimate of drug-likeness (QED) is 0.886. The molecular weight excluding hydrogens is 355 g/mol. The Bertz CT molecular complexity index is 729. The van der Waals surface area contributed by atoms with Crippen LogP contribution in [0.3, 0.4) is 0 Å². The van der Waals surface area contributed by atoms with E-state index in [4.69, 9.17) is 10.5 Å². The molecule has 0 saturated carbocycles. The van der Waals surface area contributed by atoms with Gasteiger partial charge in [-0.1, -0.05) is 55.5 Å². The van der Waals surface area contributed by atoms with Crippen LogP contribution in [-0.4, -0.2) is 30.5 Å². The second-order valence-electron chi connectivity index (χ2n) is 6.39. The van der Waals surface area contributed by atoms with Crippen molar-refractivity contribution < 1.29 is 13.9 Å². The molecule has 140 valence electrons. The Morgan fingerprint density at radius 2 is 1.85 bits per heavy atom. The number of amides is 1. The van der Waals surface area contributed by atoms with Gasteiger partial charge in [0.2, 0.25) is 5.91 Å². The van der Waals surface area contributed by atoms with E-state index in [0.717, 1.165) is 5.56 Å². The number of nitrogens with zero attached hydrogens (tertiary/aromatic N) is 1. The van der Waals surface area contributed by atoms with Gasteiger partial charge in [-0.2, -0.15) is 0 Å². The third-order valence-electron chi connectivity index (χ3n) is 4.74. The van der Waals surface area contributed by atoms with Crippen molar-refractivity contribution >= 4 is 18.3 Å². The van der Waals surface area contributed by atoms with Crippen molar-refractivity contribution in [3.63, 3.8) is 0 Å². The number of hydrogen-bond acceptors (Lipinski definition) is 3. The van der Waals surface area contributed by atoms with E-state index in [1.54, 1.807) is 23.1 Å². The molecule has 2 aromatic rings. The lowest BCUT2D eigenvalue weighted by Gasteiger charge is -2.35. The number of benzene rings is 2. The highest BCUT2D eigenvalue weighted by molar-refractivity contribution is 5.85. The molecule has 3 rings (SSSR count). The molecule has 6 heteroatoms. The van der Waals surface area contributed by atoms with Crippen molar-refractivity contribution in [3.8, 4) is 0 Å². The number of ether oxygens (including phenoxy) is 1. The van der Waals surface area contributed by atoms with Gasteiger partial charge in [-0.3, -0.25) is 4.79 Å². The minimum atomic E-state index is -0.445. The average molecular weight is 379 g/mol. The van der Waals surface area contributed by atoms with Gasteiger partial charge in [0.25, 0.3) is 0 Å². The Hall–Kier alpha value is -1.95. The van der Waals surface area contributed by atoms with Gasteiger partial charge in [0.15, 0.2) is 0 Å². The molecule has 1 aliphatic rings. The van der Waals surface area contributed by atoms with Crippen molar-refractivity contribution in [2.75, 3.05) is 19.7 Å². The van der Waals surface area contributed by atoms with Crippen LogP contribution in [0.25, 0.3) is 0 Å². The van der Waals surface area contributed by atoms with Crippen LogP contribution < -0.4 is 5.73 Å². The number of carbonyl (C=O) groups excluding carboxylic acids is 1. The molecule has 1 amide bonds. The zero-order valence-corrected chi connectivity index (χ0v) is 15.5. The summed E-state index contributed by atoms with van der Waals surface area (Å²) in [5.41, 5.74) is 7.70. The van der Waals surface area contributed by atoms with E-state index in [-0.39, 0.29) is 36.1 Å². The van der Waals surface area contributed by atoms with Gasteiger partial charge in [-0.15, -0.1) is 12.4 Å². The van der Waals surface area contributed by atoms with Gasteiger partial charge < -0.3 is 15.4 Å². The number of rotatable bonds is 4. The largest absolute Gasteiger partial charge is 0.370 e. The SMILES string of the molecule is CC(C(=O)N1CCOC(c2ccccc2F)C1)C(N)c1ccccc1.Cl. The van der Waals surface area contributed by atoms with Crippen LogP contribution in [0, 0.1) is 11.7 Å². The first-order valence-corrected chi connectivity index (χ1v) is 8.53. The summed E-state index contributed by atoms with van der Waals surface area (Å²) in [7, 11) is 0. The van der Waals surface area contributed by atoms with Crippen molar-refractivity contribution in [2.24, 2.45) is 11.7 Å². The molecule has 2 N–H and O–H groups in total. The van der Waals surface area contributed by atoms with Crippen LogP contribution in [0.4, 0.5) is 4.39 Å². The monoisotopic (exact) mass is 378 g/mol. The van der Waals surface area contributed by atoms with Crippen LogP contribution in [0.2, 0.25) is 0 Å². The number of carbonyl (C=O) groups is 1. The fraction of sp³-hybridized carbons (Fsp3) is 0.350. The summed E-state index contributed by atoms with van der Waals surface area (Å²) in [6.07, 6.45) is -0.445. The maximum absolute atomic E-state index is 14.0. The third kappa shape index (κ3) is 4.41. The van der Waals surface area contributed by atoms with Crippen molar-refractivity contribution in [2.45, 2.75) is 19.1 Å². The summed E-state index contributed by atoms with van der Waals surface area (Å²) in [6.45, 7) is 3.06. The van der Waals surface area contributed by atoms with Crippen LogP contribution in [0.1, 0.15) is 30.2 Å². The molecular formula is C20H24ClFN2O2. The highest BCUT2D eigenvalue weighted by Crippen LogP contribution is 2.27. The minimum Gasteiger partial charge on any atom is -0.370 e. The highest BCUT2D eigenvalue weighted by Gasteiger charge is 2.31. The maximum Gasteiger partial charge on any atom is 0.227 e. The Morgan fingerprint density at radius 3 is 2.54 bits per heavy atom. The molecule has 0 radical (unpaired) electrons. The zero-order valence-electron chi connectivity index (χ0n) is 14.7. The van der Waals surface area contributed by atoms with E-state index in [2.05, 4.69) is 0 Å². The summed E-state index contributed by atoms with van der Waals surface area (Å²) >= 11 is 0. The average Bonchev–Trinajstić information content (AvgIpc) is 2.67. The highest BCUT2D eigenvalue weighted by atomic mass is 35.5. The molecule has 0 bridgehead atoms. The first-order chi connectivity index (χ1) is 12.1. The number of morpholine rings is 1. The van der Waals surface area contributed by atoms with Crippen LogP contribution in [-0.2, 0) is 9.53 Å². The Labute approximate surface area is 159 Å². The topological polar surface area (TPSA) is 55.6 Å². The lowest BCUT2D eigenvalue weighted by molar-refractivity contribution is -0.143. The fourth-order valence-electron chi connectivity index (χ4n) is 3.18. The van der Waals surface area contributed by atoms with Gasteiger partial charge in [0.1, 0.15) is 11.9 Å². The smallest absolute Gasteiger partial charge is 0.227 e. The normalized spacial score (nSPS) is 19.3. The number of halogens is 2. The first kappa shape index (κ1) is 20.4. The van der Waals surface area contributed by atoms with Crippen LogP contribution in [0.15, 0.2) is 54.6 Å². The lowest BCUT2D eigenvalue weighted by atomic mass is 9.93. The van der Waals surface area contributed by atoms with Gasteiger partial charge in [-0.25, -0.2) is 4.39 Å². The molecule has 1 fully saturated rings. The van der Waals surface area contributed by atoms with Gasteiger partial charge in [0.05, 0.1) is 19.1 Å². The molecule has 1 saturated heterocycles. The van der Waals surface area contributed by atoms with Crippen molar-refractivity contribution in [3.05, 3.63) is 71.5 Å². The molecule has 26 heavy (non-hydrogen) atoms. The molecule has 2 aromatic carbocycles. The summed E-state index contributed by atoms with van der Waals surface area (Å²) in [6, 6.07) is 15.8. The van der Waals surface area contributed by atoms with Crippen LogP contribution >= 0.6 is 12.4 Å². The van der Waals surface area contributed by atoms with E-state index < -0.39 is 6.10 Å². The summed E-state index contributed by atoms with van der Waals surface area (Å²) in [5.74, 6) is -0.696. The Morgan fingerprint density at radius 1 is 1.19 bits per heavy atom. The second kappa shape index (κ2) is 9.12. The number of nitrogens with two attached hydrogens (primary N) is 1. The molecule has 1 heterocycles. The molecule has 3 unspecified atom stereocenters. The fourth-order valence-corrected chi connectivity index (χ4v) is 3.18.